The Hall–Kier alpha value is -0.410. The van der Waals surface area contributed by atoms with Crippen molar-refractivity contribution in [1.82, 2.24) is 5.32 Å². The predicted octanol–water partition coefficient (Wildman–Crippen LogP) is 0.342. The third kappa shape index (κ3) is 2.27. The molecule has 1 heterocycles. The molecule has 1 fully saturated rings. The lowest BCUT2D eigenvalue weighted by atomic mass is 10.1. The van der Waals surface area contributed by atoms with Gasteiger partial charge in [-0.15, -0.1) is 0 Å². The number of rotatable bonds is 3. The van der Waals surface area contributed by atoms with E-state index in [0.717, 1.165) is 19.6 Å². The second-order valence-corrected chi connectivity index (χ2v) is 2.88. The predicted molar refractivity (Wildman–Crippen MR) is 42.5 cm³/mol. The van der Waals surface area contributed by atoms with E-state index in [-0.39, 0.29) is 17.9 Å². The van der Waals surface area contributed by atoms with Crippen LogP contribution in [0.25, 0.3) is 0 Å². The number of ketones is 1. The molecule has 0 radical (unpaired) electrons. The highest BCUT2D eigenvalue weighted by Gasteiger charge is 2.26. The van der Waals surface area contributed by atoms with Crippen molar-refractivity contribution in [1.29, 1.82) is 0 Å². The monoisotopic (exact) mass is 157 g/mol. The molecule has 0 aromatic heterocycles. The van der Waals surface area contributed by atoms with Gasteiger partial charge in [0.2, 0.25) is 0 Å². The van der Waals surface area contributed by atoms with Crippen LogP contribution in [0.1, 0.15) is 20.3 Å². The lowest BCUT2D eigenvalue weighted by molar-refractivity contribution is -0.118. The van der Waals surface area contributed by atoms with Crippen molar-refractivity contribution in [3.05, 3.63) is 0 Å². The normalized spacial score (nSPS) is 30.7. The van der Waals surface area contributed by atoms with Crippen LogP contribution in [-0.4, -0.2) is 31.1 Å². The molecule has 0 unspecified atom stereocenters. The molecule has 1 aliphatic rings. The van der Waals surface area contributed by atoms with Crippen LogP contribution in [-0.2, 0) is 9.53 Å². The van der Waals surface area contributed by atoms with Gasteiger partial charge in [0.25, 0.3) is 0 Å². The molecule has 0 aromatic carbocycles. The largest absolute Gasteiger partial charge is 0.377 e. The molecule has 64 valence electrons. The highest BCUT2D eigenvalue weighted by molar-refractivity contribution is 5.81. The average Bonchev–Trinajstić information content (AvgIpc) is 2.37. The molecular formula is C8H15NO2. The third-order valence-corrected chi connectivity index (χ3v) is 1.98. The van der Waals surface area contributed by atoms with Gasteiger partial charge in [-0.2, -0.15) is 0 Å². The summed E-state index contributed by atoms with van der Waals surface area (Å²) in [7, 11) is 0. The fourth-order valence-corrected chi connectivity index (χ4v) is 1.38. The smallest absolute Gasteiger partial charge is 0.146 e. The van der Waals surface area contributed by atoms with Crippen LogP contribution in [0.4, 0.5) is 0 Å². The average molecular weight is 157 g/mol. The first-order valence-electron chi connectivity index (χ1n) is 4.09. The minimum atomic E-state index is 0.0338. The van der Waals surface area contributed by atoms with E-state index in [1.807, 2.05) is 6.92 Å². The number of Topliss-reactive ketones (excluding diaryl/α,β-unsaturated/α-hetero) is 1. The van der Waals surface area contributed by atoms with Gasteiger partial charge in [-0.05, 0) is 20.3 Å². The summed E-state index contributed by atoms with van der Waals surface area (Å²) >= 11 is 0. The molecule has 0 amide bonds. The van der Waals surface area contributed by atoms with E-state index in [4.69, 9.17) is 4.74 Å². The Morgan fingerprint density at radius 2 is 2.45 bits per heavy atom. The zero-order valence-corrected chi connectivity index (χ0v) is 7.09. The summed E-state index contributed by atoms with van der Waals surface area (Å²) in [4.78, 5) is 10.9. The molecule has 2 atom stereocenters. The number of hydrogen-bond acceptors (Lipinski definition) is 3. The Morgan fingerprint density at radius 3 is 2.91 bits per heavy atom. The number of nitrogens with one attached hydrogen (secondary N) is 1. The van der Waals surface area contributed by atoms with Gasteiger partial charge in [-0.25, -0.2) is 0 Å². The van der Waals surface area contributed by atoms with Crippen LogP contribution < -0.4 is 5.32 Å². The van der Waals surface area contributed by atoms with E-state index in [9.17, 15) is 4.79 Å². The Labute approximate surface area is 67.1 Å². The Balaban J connectivity index is 2.29. The minimum Gasteiger partial charge on any atom is -0.377 e. The zero-order valence-electron chi connectivity index (χ0n) is 7.09. The van der Waals surface area contributed by atoms with Gasteiger partial charge in [0.05, 0.1) is 12.1 Å². The molecule has 11 heavy (non-hydrogen) atoms. The summed E-state index contributed by atoms with van der Waals surface area (Å²) in [6.07, 6.45) is 1.08. The van der Waals surface area contributed by atoms with Crippen LogP contribution in [0.2, 0.25) is 0 Å². The second-order valence-electron chi connectivity index (χ2n) is 2.88. The SMILES string of the molecule is CCO[C@H]1CN[C@@H](C(C)=O)C1. The first-order valence-corrected chi connectivity index (χ1v) is 4.09. The number of hydrogen-bond donors (Lipinski definition) is 1. The molecule has 1 saturated heterocycles. The van der Waals surface area contributed by atoms with Gasteiger partial charge in [0.15, 0.2) is 0 Å². The molecule has 3 heteroatoms. The summed E-state index contributed by atoms with van der Waals surface area (Å²) in [6.45, 7) is 5.14. The fourth-order valence-electron chi connectivity index (χ4n) is 1.38. The highest BCUT2D eigenvalue weighted by Crippen LogP contribution is 2.10. The van der Waals surface area contributed by atoms with E-state index in [1.54, 1.807) is 6.92 Å². The van der Waals surface area contributed by atoms with Crippen molar-refractivity contribution in [3.8, 4) is 0 Å². The highest BCUT2D eigenvalue weighted by atomic mass is 16.5. The molecule has 0 aliphatic carbocycles. The van der Waals surface area contributed by atoms with Crippen molar-refractivity contribution in [2.24, 2.45) is 0 Å². The van der Waals surface area contributed by atoms with Crippen LogP contribution >= 0.6 is 0 Å². The first-order chi connectivity index (χ1) is 5.24. The minimum absolute atomic E-state index is 0.0338. The van der Waals surface area contributed by atoms with E-state index in [1.165, 1.54) is 0 Å². The van der Waals surface area contributed by atoms with Crippen LogP contribution in [0.5, 0.6) is 0 Å². The van der Waals surface area contributed by atoms with E-state index >= 15 is 0 Å². The van der Waals surface area contributed by atoms with Gasteiger partial charge in [-0.3, -0.25) is 4.79 Å². The molecule has 1 N–H and O–H groups in total. The van der Waals surface area contributed by atoms with Crippen molar-refractivity contribution < 1.29 is 9.53 Å². The zero-order chi connectivity index (χ0) is 8.27. The summed E-state index contributed by atoms with van der Waals surface area (Å²) in [6, 6.07) is 0.0338. The number of carbonyl (C=O) groups is 1. The van der Waals surface area contributed by atoms with Crippen LogP contribution in [0, 0.1) is 0 Å². The van der Waals surface area contributed by atoms with Gasteiger partial charge < -0.3 is 10.1 Å². The van der Waals surface area contributed by atoms with E-state index in [0.29, 0.717) is 0 Å². The van der Waals surface area contributed by atoms with Gasteiger partial charge in [-0.1, -0.05) is 0 Å². The topological polar surface area (TPSA) is 38.3 Å². The summed E-state index contributed by atoms with van der Waals surface area (Å²) < 4.78 is 5.37. The van der Waals surface area contributed by atoms with Gasteiger partial charge in [0.1, 0.15) is 5.78 Å². The van der Waals surface area contributed by atoms with E-state index < -0.39 is 0 Å². The van der Waals surface area contributed by atoms with Crippen molar-refractivity contribution in [2.75, 3.05) is 13.2 Å². The van der Waals surface area contributed by atoms with Crippen LogP contribution in [0.3, 0.4) is 0 Å². The Kier molecular flexibility index (Phi) is 3.02. The molecule has 1 rings (SSSR count). The molecule has 3 nitrogen and oxygen atoms in total. The van der Waals surface area contributed by atoms with Gasteiger partial charge in [0, 0.05) is 13.2 Å². The summed E-state index contributed by atoms with van der Waals surface area (Å²) in [5.41, 5.74) is 0. The molecular weight excluding hydrogens is 142 g/mol. The lowest BCUT2D eigenvalue weighted by Gasteiger charge is -2.07. The molecule has 0 saturated carbocycles. The third-order valence-electron chi connectivity index (χ3n) is 1.98. The van der Waals surface area contributed by atoms with Crippen molar-refractivity contribution in [3.63, 3.8) is 0 Å². The Morgan fingerprint density at radius 1 is 1.73 bits per heavy atom. The second kappa shape index (κ2) is 3.83. The molecule has 1 aliphatic heterocycles. The number of ether oxygens (including phenoxy) is 1. The maximum atomic E-state index is 10.9. The van der Waals surface area contributed by atoms with E-state index in [2.05, 4.69) is 5.32 Å². The first kappa shape index (κ1) is 8.68. The summed E-state index contributed by atoms with van der Waals surface area (Å²) in [5.74, 6) is 0.215. The lowest BCUT2D eigenvalue weighted by Crippen LogP contribution is -2.28. The summed E-state index contributed by atoms with van der Waals surface area (Å²) in [5, 5.41) is 3.12. The fraction of sp³-hybridized carbons (Fsp3) is 0.875. The van der Waals surface area contributed by atoms with Crippen molar-refractivity contribution >= 4 is 5.78 Å². The molecule has 0 bridgehead atoms. The van der Waals surface area contributed by atoms with Crippen LogP contribution in [0.15, 0.2) is 0 Å². The van der Waals surface area contributed by atoms with Gasteiger partial charge >= 0.3 is 0 Å². The quantitative estimate of drug-likeness (QED) is 0.642. The number of carbonyl (C=O) groups excluding carboxylic acids is 1. The maximum absolute atomic E-state index is 10.9. The Bertz CT molecular complexity index is 147. The van der Waals surface area contributed by atoms with Crippen molar-refractivity contribution in [2.45, 2.75) is 32.4 Å². The maximum Gasteiger partial charge on any atom is 0.146 e. The molecule has 0 spiro atoms. The molecule has 0 aromatic rings. The standard InChI is InChI=1S/C8H15NO2/c1-3-11-7-4-8(6(2)10)9-5-7/h7-9H,3-5H2,1-2H3/t7-,8-/m1/s1.